The molecule has 0 radical (unpaired) electrons. The number of rotatable bonds is 5. The lowest BCUT2D eigenvalue weighted by atomic mass is 10.0. The summed E-state index contributed by atoms with van der Waals surface area (Å²) in [5.41, 5.74) is 7.50. The summed E-state index contributed by atoms with van der Waals surface area (Å²) >= 11 is 6.08. The largest absolute Gasteiger partial charge is 0.350 e. The van der Waals surface area contributed by atoms with Gasteiger partial charge >= 0.3 is 0 Å². The third kappa shape index (κ3) is 7.11. The number of nitrogens with zero attached hydrogens (tertiary/aromatic N) is 4. The van der Waals surface area contributed by atoms with Gasteiger partial charge in [0, 0.05) is 18.1 Å². The summed E-state index contributed by atoms with van der Waals surface area (Å²) in [6.45, 7) is 9.50. The maximum absolute atomic E-state index is 12.5. The van der Waals surface area contributed by atoms with Gasteiger partial charge in [0.1, 0.15) is 18.7 Å². The fraction of sp³-hybridized carbons (Fsp3) is 0.524. The number of halogens is 1. The van der Waals surface area contributed by atoms with Crippen LogP contribution in [0.1, 0.15) is 46.1 Å². The fourth-order valence-electron chi connectivity index (χ4n) is 3.01. The van der Waals surface area contributed by atoms with Crippen molar-refractivity contribution < 1.29 is 9.59 Å². The number of nitrogens with one attached hydrogen (secondary N) is 1. The highest BCUT2D eigenvalue weighted by atomic mass is 35.5. The minimum Gasteiger partial charge on any atom is -0.350 e. The first kappa shape index (κ1) is 23.8. The van der Waals surface area contributed by atoms with E-state index in [1.165, 1.54) is 6.33 Å². The highest BCUT2D eigenvalue weighted by Gasteiger charge is 2.33. The van der Waals surface area contributed by atoms with E-state index in [-0.39, 0.29) is 24.9 Å². The lowest BCUT2D eigenvalue weighted by Gasteiger charge is -2.23. The zero-order chi connectivity index (χ0) is 22.3. The predicted molar refractivity (Wildman–Crippen MR) is 117 cm³/mol. The van der Waals surface area contributed by atoms with Crippen molar-refractivity contribution >= 4 is 23.4 Å². The van der Waals surface area contributed by atoms with E-state index in [9.17, 15) is 9.59 Å². The highest BCUT2D eigenvalue weighted by molar-refractivity contribution is 6.30. The predicted octanol–water partition coefficient (Wildman–Crippen LogP) is 2.54. The fourth-order valence-corrected chi connectivity index (χ4v) is 3.20. The molecular formula is C21H31ClN6O2. The Hall–Kier alpha value is -2.45. The van der Waals surface area contributed by atoms with Gasteiger partial charge in [0.05, 0.1) is 12.2 Å². The van der Waals surface area contributed by atoms with Gasteiger partial charge in [0.25, 0.3) is 0 Å². The summed E-state index contributed by atoms with van der Waals surface area (Å²) in [5, 5.41) is 7.56. The average Bonchev–Trinajstić information content (AvgIpc) is 3.36. The molecule has 9 heteroatoms. The lowest BCUT2D eigenvalue weighted by Crippen LogP contribution is -2.47. The van der Waals surface area contributed by atoms with Crippen LogP contribution < -0.4 is 11.1 Å². The molecule has 0 saturated carbocycles. The van der Waals surface area contributed by atoms with Crippen LogP contribution in [-0.4, -0.2) is 50.6 Å². The molecule has 2 heterocycles. The summed E-state index contributed by atoms with van der Waals surface area (Å²) in [6.07, 6.45) is 4.45. The number of aromatic nitrogens is 3. The van der Waals surface area contributed by atoms with Crippen LogP contribution in [-0.2, 0) is 16.1 Å². The van der Waals surface area contributed by atoms with Gasteiger partial charge in [-0.25, -0.2) is 9.67 Å². The third-order valence-electron chi connectivity index (χ3n) is 4.21. The van der Waals surface area contributed by atoms with Crippen molar-refractivity contribution in [2.45, 2.75) is 53.1 Å². The lowest BCUT2D eigenvalue weighted by molar-refractivity contribution is -0.137. The molecule has 1 saturated heterocycles. The molecule has 30 heavy (non-hydrogen) atoms. The molecule has 3 rings (SSSR count). The Bertz CT molecular complexity index is 842. The topological polar surface area (TPSA) is 106 Å². The molecule has 2 aromatic rings. The molecule has 0 spiro atoms. The molecule has 0 bridgehead atoms. The number of carbonyl (C=O) groups is 2. The molecule has 1 aliphatic rings. The first-order chi connectivity index (χ1) is 14.1. The second kappa shape index (κ2) is 10.5. The van der Waals surface area contributed by atoms with Crippen molar-refractivity contribution in [1.82, 2.24) is 25.0 Å². The van der Waals surface area contributed by atoms with Crippen LogP contribution in [0.5, 0.6) is 0 Å². The van der Waals surface area contributed by atoms with Crippen LogP contribution in [0, 0.1) is 5.41 Å². The molecule has 1 aliphatic heterocycles. The van der Waals surface area contributed by atoms with E-state index in [1.807, 2.05) is 6.07 Å². The van der Waals surface area contributed by atoms with Crippen molar-refractivity contribution in [3.05, 3.63) is 41.4 Å². The molecule has 164 valence electrons. The molecule has 3 N–H and O–H groups in total. The van der Waals surface area contributed by atoms with Crippen LogP contribution in [0.15, 0.2) is 30.9 Å². The van der Waals surface area contributed by atoms with Crippen molar-refractivity contribution in [2.75, 3.05) is 13.1 Å². The quantitative estimate of drug-likeness (QED) is 0.752. The number of likely N-dealkylation sites (tertiary alicyclic amines) is 1. The smallest absolute Gasteiger partial charge is 0.243 e. The standard InChI is InChI=1S/C16H19ClN6O2.C5H12/c17-12-3-4-13(23-10-19-9-21-23)11(6-12)8-20-16(25)14-2-1-5-22(14)15(24)7-18;1-5(2,3)4/h3-4,6,9-10,14H,1-2,5,7-8,18H2,(H,20,25);1-4H3/t14-;/m0./s1. The normalized spacial score (nSPS) is 16.1. The first-order valence-corrected chi connectivity index (χ1v) is 10.4. The van der Waals surface area contributed by atoms with Crippen molar-refractivity contribution in [1.29, 1.82) is 0 Å². The second-order valence-electron chi connectivity index (χ2n) is 8.78. The maximum Gasteiger partial charge on any atom is 0.243 e. The highest BCUT2D eigenvalue weighted by Crippen LogP contribution is 2.20. The third-order valence-corrected chi connectivity index (χ3v) is 4.45. The monoisotopic (exact) mass is 434 g/mol. The van der Waals surface area contributed by atoms with Gasteiger partial charge in [-0.05, 0) is 42.0 Å². The van der Waals surface area contributed by atoms with E-state index in [4.69, 9.17) is 17.3 Å². The van der Waals surface area contributed by atoms with E-state index >= 15 is 0 Å². The Morgan fingerprint density at radius 1 is 1.30 bits per heavy atom. The van der Waals surface area contributed by atoms with E-state index in [0.29, 0.717) is 23.4 Å². The van der Waals surface area contributed by atoms with E-state index in [1.54, 1.807) is 28.0 Å². The molecule has 1 fully saturated rings. The molecule has 0 aliphatic carbocycles. The Kier molecular flexibility index (Phi) is 8.37. The zero-order valence-corrected chi connectivity index (χ0v) is 18.8. The molecule has 8 nitrogen and oxygen atoms in total. The molecule has 1 aromatic heterocycles. The van der Waals surface area contributed by atoms with Gasteiger partial charge in [0.15, 0.2) is 0 Å². The average molecular weight is 435 g/mol. The molecule has 0 unspecified atom stereocenters. The number of hydrogen-bond donors (Lipinski definition) is 2. The van der Waals surface area contributed by atoms with Gasteiger partial charge in [-0.2, -0.15) is 5.10 Å². The van der Waals surface area contributed by atoms with Crippen LogP contribution in [0.3, 0.4) is 0 Å². The SMILES string of the molecule is CC(C)(C)C.NCC(=O)N1CCC[C@H]1C(=O)NCc1cc(Cl)ccc1-n1cncn1. The van der Waals surface area contributed by atoms with Crippen LogP contribution in [0.25, 0.3) is 5.69 Å². The van der Waals surface area contributed by atoms with Gasteiger partial charge in [0.2, 0.25) is 11.8 Å². The van der Waals surface area contributed by atoms with Crippen LogP contribution >= 0.6 is 11.6 Å². The van der Waals surface area contributed by atoms with Crippen LogP contribution in [0.2, 0.25) is 5.02 Å². The van der Waals surface area contributed by atoms with Gasteiger partial charge in [-0.1, -0.05) is 39.3 Å². The van der Waals surface area contributed by atoms with E-state index in [0.717, 1.165) is 17.7 Å². The maximum atomic E-state index is 12.5. The summed E-state index contributed by atoms with van der Waals surface area (Å²) in [5.74, 6) is -0.396. The summed E-state index contributed by atoms with van der Waals surface area (Å²) in [7, 11) is 0. The Labute approximate surface area is 182 Å². The molecule has 1 aromatic carbocycles. The minimum absolute atomic E-state index is 0.0888. The molecule has 2 amide bonds. The Balaban J connectivity index is 0.000000575. The molecule has 1 atom stereocenters. The van der Waals surface area contributed by atoms with Crippen molar-refractivity contribution in [2.24, 2.45) is 11.1 Å². The number of carbonyl (C=O) groups excluding carboxylic acids is 2. The van der Waals surface area contributed by atoms with Crippen molar-refractivity contribution in [3.63, 3.8) is 0 Å². The summed E-state index contributed by atoms with van der Waals surface area (Å²) < 4.78 is 1.61. The number of amides is 2. The number of hydrogen-bond acceptors (Lipinski definition) is 5. The zero-order valence-electron chi connectivity index (χ0n) is 18.1. The Morgan fingerprint density at radius 3 is 2.60 bits per heavy atom. The Morgan fingerprint density at radius 2 is 2.00 bits per heavy atom. The molecular weight excluding hydrogens is 404 g/mol. The minimum atomic E-state index is -0.468. The van der Waals surface area contributed by atoms with E-state index in [2.05, 4.69) is 43.1 Å². The number of nitrogens with two attached hydrogens (primary N) is 1. The van der Waals surface area contributed by atoms with Crippen molar-refractivity contribution in [3.8, 4) is 5.69 Å². The van der Waals surface area contributed by atoms with Gasteiger partial charge in [-0.3, -0.25) is 9.59 Å². The summed E-state index contributed by atoms with van der Waals surface area (Å²) in [6, 6.07) is 4.88. The van der Waals surface area contributed by atoms with Crippen LogP contribution in [0.4, 0.5) is 0 Å². The second-order valence-corrected chi connectivity index (χ2v) is 9.22. The summed E-state index contributed by atoms with van der Waals surface area (Å²) in [4.78, 5) is 29.8. The van der Waals surface area contributed by atoms with Gasteiger partial charge in [-0.15, -0.1) is 0 Å². The number of benzene rings is 1. The van der Waals surface area contributed by atoms with E-state index < -0.39 is 6.04 Å². The first-order valence-electron chi connectivity index (χ1n) is 10.0. The van der Waals surface area contributed by atoms with Gasteiger partial charge < -0.3 is 16.0 Å².